The quantitative estimate of drug-likeness (QED) is 0.639. The van der Waals surface area contributed by atoms with Gasteiger partial charge < -0.3 is 10.0 Å². The van der Waals surface area contributed by atoms with Gasteiger partial charge >= 0.3 is 11.7 Å². The summed E-state index contributed by atoms with van der Waals surface area (Å²) in [5.74, 6) is -0.702. The standard InChI is InChI=1S/C12H14N2O4/c1-13(7-8-5-6-8)10-4-2-3-9(12(15)16)11(10)14(17)18/h2-4,8H,5-7H2,1H3,(H,15,16). The van der Waals surface area contributed by atoms with E-state index in [0.29, 0.717) is 11.6 Å². The van der Waals surface area contributed by atoms with Crippen molar-refractivity contribution in [3.05, 3.63) is 33.9 Å². The lowest BCUT2D eigenvalue weighted by Crippen LogP contribution is -2.21. The minimum Gasteiger partial charge on any atom is -0.477 e. The van der Waals surface area contributed by atoms with Crippen LogP contribution in [-0.4, -0.2) is 29.6 Å². The number of carbonyl (C=O) groups is 1. The van der Waals surface area contributed by atoms with Crippen LogP contribution < -0.4 is 4.90 Å². The lowest BCUT2D eigenvalue weighted by Gasteiger charge is -2.19. The van der Waals surface area contributed by atoms with E-state index in [-0.39, 0.29) is 11.3 Å². The van der Waals surface area contributed by atoms with Crippen molar-refractivity contribution in [3.63, 3.8) is 0 Å². The number of benzene rings is 1. The van der Waals surface area contributed by atoms with Crippen LogP contribution in [0.5, 0.6) is 0 Å². The fraction of sp³-hybridized carbons (Fsp3) is 0.417. The molecule has 1 aliphatic carbocycles. The number of hydrogen-bond acceptors (Lipinski definition) is 4. The van der Waals surface area contributed by atoms with Crippen LogP contribution in [0.3, 0.4) is 0 Å². The molecule has 2 rings (SSSR count). The fourth-order valence-electron chi connectivity index (χ4n) is 1.99. The molecule has 0 saturated heterocycles. The zero-order chi connectivity index (χ0) is 13.3. The minimum atomic E-state index is -1.27. The number of para-hydroxylation sites is 1. The molecule has 0 amide bonds. The summed E-state index contributed by atoms with van der Waals surface area (Å²) in [6.07, 6.45) is 2.27. The third-order valence-electron chi connectivity index (χ3n) is 3.07. The second kappa shape index (κ2) is 4.64. The molecule has 1 fully saturated rings. The molecular formula is C12H14N2O4. The summed E-state index contributed by atoms with van der Waals surface area (Å²) < 4.78 is 0. The first kappa shape index (κ1) is 12.3. The number of nitrogens with zero attached hydrogens (tertiary/aromatic N) is 2. The first-order chi connectivity index (χ1) is 8.50. The Labute approximate surface area is 104 Å². The Morgan fingerprint density at radius 2 is 2.22 bits per heavy atom. The van der Waals surface area contributed by atoms with E-state index in [1.807, 2.05) is 0 Å². The molecule has 6 heteroatoms. The van der Waals surface area contributed by atoms with Gasteiger partial charge in [-0.25, -0.2) is 4.79 Å². The molecule has 0 atom stereocenters. The van der Waals surface area contributed by atoms with Crippen molar-refractivity contribution in [2.45, 2.75) is 12.8 Å². The predicted molar refractivity (Wildman–Crippen MR) is 66.0 cm³/mol. The van der Waals surface area contributed by atoms with Crippen molar-refractivity contribution in [1.29, 1.82) is 0 Å². The molecule has 0 heterocycles. The normalized spacial score (nSPS) is 14.3. The number of carboxylic acids is 1. The Kier molecular flexibility index (Phi) is 3.18. The molecule has 1 saturated carbocycles. The van der Waals surface area contributed by atoms with Crippen LogP contribution in [0.4, 0.5) is 11.4 Å². The highest BCUT2D eigenvalue weighted by Gasteiger charge is 2.29. The van der Waals surface area contributed by atoms with E-state index < -0.39 is 10.9 Å². The van der Waals surface area contributed by atoms with Crippen LogP contribution in [0, 0.1) is 16.0 Å². The Hall–Kier alpha value is -2.11. The molecule has 0 unspecified atom stereocenters. The van der Waals surface area contributed by atoms with Gasteiger partial charge in [0.25, 0.3) is 0 Å². The zero-order valence-corrected chi connectivity index (χ0v) is 10.00. The third kappa shape index (κ3) is 2.42. The molecule has 0 spiro atoms. The molecule has 1 aromatic rings. The van der Waals surface area contributed by atoms with E-state index in [9.17, 15) is 14.9 Å². The van der Waals surface area contributed by atoms with E-state index >= 15 is 0 Å². The van der Waals surface area contributed by atoms with Gasteiger partial charge in [0.1, 0.15) is 11.3 Å². The lowest BCUT2D eigenvalue weighted by molar-refractivity contribution is -0.384. The molecule has 6 nitrogen and oxygen atoms in total. The summed E-state index contributed by atoms with van der Waals surface area (Å²) in [5.41, 5.74) is -0.222. The Balaban J connectivity index is 2.41. The average molecular weight is 250 g/mol. The maximum absolute atomic E-state index is 11.1. The van der Waals surface area contributed by atoms with E-state index in [4.69, 9.17) is 5.11 Å². The van der Waals surface area contributed by atoms with Crippen molar-refractivity contribution in [2.75, 3.05) is 18.5 Å². The van der Waals surface area contributed by atoms with Crippen molar-refractivity contribution in [1.82, 2.24) is 0 Å². The average Bonchev–Trinajstić information content (AvgIpc) is 3.11. The second-order valence-electron chi connectivity index (χ2n) is 4.56. The maximum Gasteiger partial charge on any atom is 0.342 e. The van der Waals surface area contributed by atoms with Gasteiger partial charge in [-0.1, -0.05) is 6.07 Å². The van der Waals surface area contributed by atoms with Crippen molar-refractivity contribution in [2.24, 2.45) is 5.92 Å². The van der Waals surface area contributed by atoms with Crippen molar-refractivity contribution >= 4 is 17.3 Å². The SMILES string of the molecule is CN(CC1CC1)c1cccc(C(=O)O)c1[N+](=O)[O-]. The smallest absolute Gasteiger partial charge is 0.342 e. The predicted octanol–water partition coefficient (Wildman–Crippen LogP) is 2.14. The van der Waals surface area contributed by atoms with E-state index in [1.165, 1.54) is 12.1 Å². The first-order valence-corrected chi connectivity index (χ1v) is 5.72. The highest BCUT2D eigenvalue weighted by molar-refractivity contribution is 5.95. The molecule has 1 aliphatic rings. The highest BCUT2D eigenvalue weighted by atomic mass is 16.6. The summed E-state index contributed by atoms with van der Waals surface area (Å²) in [4.78, 5) is 23.2. The zero-order valence-electron chi connectivity index (χ0n) is 10.00. The Morgan fingerprint density at radius 3 is 2.72 bits per heavy atom. The van der Waals surface area contributed by atoms with Crippen LogP contribution in [0.25, 0.3) is 0 Å². The molecular weight excluding hydrogens is 236 g/mol. The van der Waals surface area contributed by atoms with Crippen LogP contribution >= 0.6 is 0 Å². The van der Waals surface area contributed by atoms with Crippen molar-refractivity contribution in [3.8, 4) is 0 Å². The van der Waals surface area contributed by atoms with Gasteiger partial charge in [0, 0.05) is 13.6 Å². The lowest BCUT2D eigenvalue weighted by atomic mass is 10.1. The van der Waals surface area contributed by atoms with Gasteiger partial charge in [-0.3, -0.25) is 10.1 Å². The van der Waals surface area contributed by atoms with Gasteiger partial charge in [-0.2, -0.15) is 0 Å². The Bertz CT molecular complexity index is 497. The van der Waals surface area contributed by atoms with E-state index in [0.717, 1.165) is 19.4 Å². The molecule has 1 N–H and O–H groups in total. The first-order valence-electron chi connectivity index (χ1n) is 5.72. The molecule has 18 heavy (non-hydrogen) atoms. The van der Waals surface area contributed by atoms with Gasteiger partial charge in [0.2, 0.25) is 0 Å². The summed E-state index contributed by atoms with van der Waals surface area (Å²) >= 11 is 0. The summed E-state index contributed by atoms with van der Waals surface area (Å²) in [5, 5.41) is 20.1. The topological polar surface area (TPSA) is 83.7 Å². The van der Waals surface area contributed by atoms with Crippen LogP contribution in [0.2, 0.25) is 0 Å². The number of nitro benzene ring substituents is 1. The van der Waals surface area contributed by atoms with Gasteiger partial charge in [0.05, 0.1) is 4.92 Å². The molecule has 0 radical (unpaired) electrons. The fourth-order valence-corrected chi connectivity index (χ4v) is 1.99. The summed E-state index contributed by atoms with van der Waals surface area (Å²) in [6.45, 7) is 0.726. The van der Waals surface area contributed by atoms with Crippen molar-refractivity contribution < 1.29 is 14.8 Å². The van der Waals surface area contributed by atoms with E-state index in [2.05, 4.69) is 0 Å². The maximum atomic E-state index is 11.1. The van der Waals surface area contributed by atoms with E-state index in [1.54, 1.807) is 18.0 Å². The monoisotopic (exact) mass is 250 g/mol. The minimum absolute atomic E-state index is 0.264. The molecule has 0 aromatic heterocycles. The summed E-state index contributed by atoms with van der Waals surface area (Å²) in [6, 6.07) is 4.39. The number of hydrogen-bond donors (Lipinski definition) is 1. The number of carboxylic acid groups (broad SMARTS) is 1. The van der Waals surface area contributed by atoms with Crippen LogP contribution in [0.15, 0.2) is 18.2 Å². The highest BCUT2D eigenvalue weighted by Crippen LogP contribution is 2.35. The largest absolute Gasteiger partial charge is 0.477 e. The van der Waals surface area contributed by atoms with Gasteiger partial charge in [-0.05, 0) is 30.9 Å². The Morgan fingerprint density at radius 1 is 1.56 bits per heavy atom. The molecule has 1 aromatic carbocycles. The second-order valence-corrected chi connectivity index (χ2v) is 4.56. The van der Waals surface area contributed by atoms with Gasteiger partial charge in [-0.15, -0.1) is 0 Å². The number of anilines is 1. The summed E-state index contributed by atoms with van der Waals surface area (Å²) in [7, 11) is 1.76. The molecule has 0 bridgehead atoms. The molecule has 96 valence electrons. The number of aromatic carboxylic acids is 1. The number of nitro groups is 1. The molecule has 0 aliphatic heterocycles. The number of rotatable bonds is 5. The van der Waals surface area contributed by atoms with Crippen LogP contribution in [0.1, 0.15) is 23.2 Å². The van der Waals surface area contributed by atoms with Gasteiger partial charge in [0.15, 0.2) is 0 Å². The third-order valence-corrected chi connectivity index (χ3v) is 3.07. The van der Waals surface area contributed by atoms with Crippen LogP contribution in [-0.2, 0) is 0 Å².